The third-order valence-electron chi connectivity index (χ3n) is 13.0. The standard InChI is InChI=1S/C26H42N6.C26H26N6.2C2H3N.2H2N.3Zn/c2*1-3-7-23(8-4-1)25(31-29-19-21-11-15-27-16-12-21)26(24-9-5-2-6-10-24)32-30-20-22-13-17-28-18-14-22;2*1-2-3;;;;;/h19-24H,1-18H2;1-12,15,19-20,22H,13-14,16-18H2;2*1H3;2*1H2;;;/q2*-2;;;2*-1;3*+2. The van der Waals surface area contributed by atoms with Gasteiger partial charge in [0.1, 0.15) is 11.4 Å². The number of benzene rings is 2. The second-order valence-electron chi connectivity index (χ2n) is 18.2. The molecule has 0 spiro atoms. The van der Waals surface area contributed by atoms with Crippen molar-refractivity contribution in [3.8, 4) is 12.1 Å². The van der Waals surface area contributed by atoms with Crippen molar-refractivity contribution in [3.05, 3.63) is 129 Å². The van der Waals surface area contributed by atoms with E-state index in [2.05, 4.69) is 64.3 Å². The number of rotatable bonds is 14. The Balaban J connectivity index is 0.00000125. The molecule has 2 aliphatic carbocycles. The van der Waals surface area contributed by atoms with Crippen molar-refractivity contribution >= 4 is 47.7 Å². The Kier molecular flexibility index (Phi) is 42.3. The molecule has 4 aliphatic heterocycles. The maximum Gasteiger partial charge on any atom is 2.00 e. The van der Waals surface area contributed by atoms with Gasteiger partial charge in [-0.2, -0.15) is 47.3 Å². The molecular formula is C56H78N16Zn3. The van der Waals surface area contributed by atoms with Gasteiger partial charge in [-0.3, -0.25) is 0 Å². The zero-order valence-electron chi connectivity index (χ0n) is 45.0. The quantitative estimate of drug-likeness (QED) is 0.101. The summed E-state index contributed by atoms with van der Waals surface area (Å²) in [4.78, 5) is 0. The second kappa shape index (κ2) is 44.8. The van der Waals surface area contributed by atoms with Crippen LogP contribution in [0.1, 0.15) is 128 Å². The van der Waals surface area contributed by atoms with E-state index < -0.39 is 0 Å². The van der Waals surface area contributed by atoms with Crippen molar-refractivity contribution in [1.29, 1.82) is 10.5 Å². The number of piperidine rings is 3. The van der Waals surface area contributed by atoms with Crippen LogP contribution in [-0.4, -0.2) is 93.5 Å². The third kappa shape index (κ3) is 27.6. The van der Waals surface area contributed by atoms with Crippen LogP contribution in [0.5, 0.6) is 0 Å². The predicted octanol–water partition coefficient (Wildman–Crippen LogP) is 14.6. The fourth-order valence-electron chi connectivity index (χ4n) is 9.11. The van der Waals surface area contributed by atoms with Gasteiger partial charge in [0.25, 0.3) is 0 Å². The average Bonchev–Trinajstić information content (AvgIpc) is 3.42. The minimum absolute atomic E-state index is 0. The molecule has 4 N–H and O–H groups in total. The van der Waals surface area contributed by atoms with E-state index in [1.165, 1.54) is 78.1 Å². The molecule has 5 fully saturated rings. The van der Waals surface area contributed by atoms with Crippen LogP contribution in [0, 0.1) is 52.3 Å². The molecule has 0 radical (unpaired) electrons. The van der Waals surface area contributed by atoms with Crippen LogP contribution in [0.15, 0.2) is 125 Å². The number of nitrogens with zero attached hydrogens (tertiary/aromatic N) is 14. The van der Waals surface area contributed by atoms with Gasteiger partial charge in [0.15, 0.2) is 0 Å². The Morgan fingerprint density at radius 2 is 0.840 bits per heavy atom. The van der Waals surface area contributed by atoms with Crippen molar-refractivity contribution in [2.75, 3.05) is 45.8 Å². The summed E-state index contributed by atoms with van der Waals surface area (Å²) in [6.07, 6.45) is 32.8. The van der Waals surface area contributed by atoms with Crippen LogP contribution >= 0.6 is 0 Å². The number of hydrogen-bond acceptors (Lipinski definition) is 10. The first-order valence-corrected chi connectivity index (χ1v) is 25.7. The molecule has 16 nitrogen and oxygen atoms in total. The van der Waals surface area contributed by atoms with E-state index >= 15 is 0 Å². The first-order chi connectivity index (χ1) is 34.6. The average molecular weight is 1170 g/mol. The largest absolute Gasteiger partial charge is 2.00 e. The van der Waals surface area contributed by atoms with Crippen molar-refractivity contribution in [3.63, 3.8) is 0 Å². The van der Waals surface area contributed by atoms with Gasteiger partial charge >= 0.3 is 58.4 Å². The molecule has 6 aliphatic rings. The summed E-state index contributed by atoms with van der Waals surface area (Å²) in [7, 11) is 0. The molecular weight excluding hydrogens is 1090 g/mol. The normalized spacial score (nSPS) is 19.5. The minimum Gasteiger partial charge on any atom is -0.693 e. The third-order valence-corrected chi connectivity index (χ3v) is 13.0. The van der Waals surface area contributed by atoms with Crippen molar-refractivity contribution in [2.45, 2.75) is 117 Å². The van der Waals surface area contributed by atoms with Gasteiger partial charge in [-0.05, 0) is 49.0 Å². The van der Waals surface area contributed by atoms with Crippen molar-refractivity contribution < 1.29 is 58.4 Å². The topological polar surface area (TPSA) is 270 Å². The van der Waals surface area contributed by atoms with E-state index in [0.29, 0.717) is 47.6 Å². The van der Waals surface area contributed by atoms with E-state index in [1.807, 2.05) is 79.0 Å². The Bertz CT molecular complexity index is 2130. The molecule has 0 amide bonds. The van der Waals surface area contributed by atoms with Gasteiger partial charge in [0, 0.05) is 55.5 Å². The number of nitrogens with two attached hydrogens (primary N) is 2. The number of nitriles is 2. The van der Waals surface area contributed by atoms with Crippen LogP contribution in [-0.2, 0) is 58.4 Å². The molecule has 0 unspecified atom stereocenters. The maximum atomic E-state index is 7.32. The summed E-state index contributed by atoms with van der Waals surface area (Å²) in [5, 5.41) is 69.4. The fraction of sp³-hybridized carbons (Fsp3) is 0.536. The first kappa shape index (κ1) is 70.7. The summed E-state index contributed by atoms with van der Waals surface area (Å²) < 4.78 is 0. The van der Waals surface area contributed by atoms with E-state index in [1.54, 1.807) is 24.6 Å². The summed E-state index contributed by atoms with van der Waals surface area (Å²) in [6, 6.07) is 23.5. The molecule has 2 aromatic rings. The SMILES string of the molecule is C(=NN=C(C(=NN=CC1CC[N-]CC1)C1CCCCC1)C1CCCCC1)C1CC[N-]CC1.C1=CC(C=NN=C(C(=NN=CC2CC[N-]CC2)c2ccccc2)c2ccccc2)=CC[N-]1.CC#N.CC#N.[NH2-].[NH2-].[Zn+2].[Zn+2].[Zn+2]. The van der Waals surface area contributed by atoms with Crippen LogP contribution in [0.4, 0.5) is 0 Å². The molecule has 3 saturated heterocycles. The van der Waals surface area contributed by atoms with Gasteiger partial charge < -0.3 is 33.6 Å². The molecule has 4 heterocycles. The molecule has 8 rings (SSSR count). The first-order valence-electron chi connectivity index (χ1n) is 25.7. The molecule has 0 atom stereocenters. The van der Waals surface area contributed by atoms with E-state index in [0.717, 1.165) is 106 Å². The van der Waals surface area contributed by atoms with Gasteiger partial charge in [-0.25, -0.2) is 0 Å². The molecule has 2 aromatic carbocycles. The Morgan fingerprint density at radius 1 is 0.493 bits per heavy atom. The summed E-state index contributed by atoms with van der Waals surface area (Å²) in [5.74, 6) is 2.44. The van der Waals surface area contributed by atoms with E-state index in [-0.39, 0.29) is 70.7 Å². The summed E-state index contributed by atoms with van der Waals surface area (Å²) >= 11 is 0. The predicted molar refractivity (Wildman–Crippen MR) is 304 cm³/mol. The Labute approximate surface area is 487 Å². The second-order valence-corrected chi connectivity index (χ2v) is 18.2. The molecule has 2 saturated carbocycles. The Morgan fingerprint density at radius 3 is 1.19 bits per heavy atom. The molecule has 0 bridgehead atoms. The smallest absolute Gasteiger partial charge is 0.693 e. The van der Waals surface area contributed by atoms with Gasteiger partial charge in [0.2, 0.25) is 0 Å². The monoisotopic (exact) mass is 1170 g/mol. The van der Waals surface area contributed by atoms with Crippen LogP contribution in [0.25, 0.3) is 33.6 Å². The molecule has 75 heavy (non-hydrogen) atoms. The summed E-state index contributed by atoms with van der Waals surface area (Å²) in [6.45, 7) is 9.18. The molecule has 0 aromatic heterocycles. The van der Waals surface area contributed by atoms with E-state index in [9.17, 15) is 0 Å². The van der Waals surface area contributed by atoms with Crippen molar-refractivity contribution in [2.24, 2.45) is 70.4 Å². The Hall–Kier alpha value is -4.27. The minimum atomic E-state index is 0. The zero-order valence-corrected chi connectivity index (χ0v) is 53.9. The number of allylic oxidation sites excluding steroid dienone is 2. The van der Waals surface area contributed by atoms with Gasteiger partial charge in [-0.1, -0.05) is 150 Å². The maximum absolute atomic E-state index is 7.32. The van der Waals surface area contributed by atoms with Gasteiger partial charge in [0.05, 0.1) is 29.8 Å². The van der Waals surface area contributed by atoms with Crippen LogP contribution in [0.2, 0.25) is 0 Å². The van der Waals surface area contributed by atoms with E-state index in [4.69, 9.17) is 20.7 Å². The van der Waals surface area contributed by atoms with Crippen molar-refractivity contribution in [1.82, 2.24) is 0 Å². The number of hydrogen-bond donors (Lipinski definition) is 0. The fourth-order valence-corrected chi connectivity index (χ4v) is 9.11. The van der Waals surface area contributed by atoms with Crippen LogP contribution < -0.4 is 0 Å². The summed E-state index contributed by atoms with van der Waals surface area (Å²) in [5.41, 5.74) is 6.53. The molecule has 19 heteroatoms. The van der Waals surface area contributed by atoms with Gasteiger partial charge in [-0.15, -0.1) is 56.0 Å². The van der Waals surface area contributed by atoms with Crippen LogP contribution in [0.3, 0.4) is 0 Å². The molecule has 388 valence electrons. The zero-order chi connectivity index (χ0) is 49.1.